The molecule has 1 atom stereocenters. The summed E-state index contributed by atoms with van der Waals surface area (Å²) in [5, 5.41) is 2.89. The highest BCUT2D eigenvalue weighted by Gasteiger charge is 2.32. The summed E-state index contributed by atoms with van der Waals surface area (Å²) in [6, 6.07) is 19.9. The van der Waals surface area contributed by atoms with Crippen LogP contribution in [0.4, 0.5) is 5.69 Å². The number of aryl methyl sites for hydroxylation is 2. The van der Waals surface area contributed by atoms with Crippen LogP contribution in [0.25, 0.3) is 0 Å². The van der Waals surface area contributed by atoms with Crippen molar-refractivity contribution in [2.45, 2.75) is 58.0 Å². The van der Waals surface area contributed by atoms with E-state index in [-0.39, 0.29) is 17.3 Å². The number of carbonyl (C=O) groups is 2. The van der Waals surface area contributed by atoms with E-state index < -0.39 is 28.5 Å². The Morgan fingerprint density at radius 3 is 2.15 bits per heavy atom. The molecule has 0 bridgehead atoms. The minimum Gasteiger partial charge on any atom is -0.497 e. The van der Waals surface area contributed by atoms with Crippen molar-refractivity contribution in [3.63, 3.8) is 0 Å². The van der Waals surface area contributed by atoms with Crippen molar-refractivity contribution in [3.8, 4) is 5.75 Å². The SMILES string of the molecule is CCCCNC(=O)C(C)N(Cc1ccc(OC)cc1)C(=O)CN(c1cc(C)cc(C)c1)S(=O)(=O)c1ccccc1. The first-order valence-electron chi connectivity index (χ1n) is 13.4. The van der Waals surface area contributed by atoms with E-state index in [0.29, 0.717) is 18.0 Å². The second-order valence-electron chi connectivity index (χ2n) is 9.86. The summed E-state index contributed by atoms with van der Waals surface area (Å²) in [5.74, 6) is -0.117. The van der Waals surface area contributed by atoms with Crippen LogP contribution >= 0.6 is 0 Å². The number of hydrogen-bond acceptors (Lipinski definition) is 5. The van der Waals surface area contributed by atoms with E-state index in [0.717, 1.165) is 33.8 Å². The van der Waals surface area contributed by atoms with E-state index in [1.165, 1.54) is 17.0 Å². The number of nitrogens with zero attached hydrogens (tertiary/aromatic N) is 2. The lowest BCUT2D eigenvalue weighted by Gasteiger charge is -2.32. The fraction of sp³-hybridized carbons (Fsp3) is 0.355. The lowest BCUT2D eigenvalue weighted by Crippen LogP contribution is -2.51. The monoisotopic (exact) mass is 565 g/mol. The third-order valence-electron chi connectivity index (χ3n) is 6.61. The van der Waals surface area contributed by atoms with E-state index in [1.54, 1.807) is 56.5 Å². The molecule has 0 saturated heterocycles. The third kappa shape index (κ3) is 7.85. The Morgan fingerprint density at radius 1 is 0.950 bits per heavy atom. The Morgan fingerprint density at radius 2 is 1.57 bits per heavy atom. The van der Waals surface area contributed by atoms with Gasteiger partial charge < -0.3 is 15.0 Å². The third-order valence-corrected chi connectivity index (χ3v) is 8.40. The molecule has 0 aromatic heterocycles. The van der Waals surface area contributed by atoms with Gasteiger partial charge in [0.05, 0.1) is 17.7 Å². The zero-order valence-corrected chi connectivity index (χ0v) is 24.7. The van der Waals surface area contributed by atoms with Crippen LogP contribution in [0.15, 0.2) is 77.7 Å². The van der Waals surface area contributed by atoms with Crippen molar-refractivity contribution in [1.82, 2.24) is 10.2 Å². The highest BCUT2D eigenvalue weighted by Crippen LogP contribution is 2.26. The second-order valence-corrected chi connectivity index (χ2v) is 11.7. The molecule has 3 aromatic carbocycles. The van der Waals surface area contributed by atoms with Gasteiger partial charge in [0.15, 0.2) is 0 Å². The van der Waals surface area contributed by atoms with Crippen molar-refractivity contribution in [3.05, 3.63) is 89.5 Å². The molecule has 1 unspecified atom stereocenters. The van der Waals surface area contributed by atoms with Gasteiger partial charge in [0.2, 0.25) is 11.8 Å². The van der Waals surface area contributed by atoms with Gasteiger partial charge in [0, 0.05) is 13.1 Å². The van der Waals surface area contributed by atoms with E-state index in [1.807, 2.05) is 39.0 Å². The van der Waals surface area contributed by atoms with Crippen LogP contribution in [-0.4, -0.2) is 51.4 Å². The van der Waals surface area contributed by atoms with Crippen LogP contribution in [0, 0.1) is 13.8 Å². The maximum atomic E-state index is 14.0. The summed E-state index contributed by atoms with van der Waals surface area (Å²) in [6.45, 7) is 7.61. The van der Waals surface area contributed by atoms with Crippen LogP contribution in [0.3, 0.4) is 0 Å². The van der Waals surface area contributed by atoms with Crippen molar-refractivity contribution in [2.24, 2.45) is 0 Å². The van der Waals surface area contributed by atoms with E-state index in [9.17, 15) is 18.0 Å². The van der Waals surface area contributed by atoms with Gasteiger partial charge in [0.25, 0.3) is 10.0 Å². The van der Waals surface area contributed by atoms with E-state index >= 15 is 0 Å². The lowest BCUT2D eigenvalue weighted by atomic mass is 10.1. The number of amides is 2. The van der Waals surface area contributed by atoms with Gasteiger partial charge in [-0.05, 0) is 80.3 Å². The average Bonchev–Trinajstić information content (AvgIpc) is 2.94. The van der Waals surface area contributed by atoms with E-state index in [4.69, 9.17) is 4.74 Å². The predicted molar refractivity (Wildman–Crippen MR) is 158 cm³/mol. The number of methoxy groups -OCH3 is 1. The number of sulfonamides is 1. The normalized spacial score (nSPS) is 11.9. The molecule has 9 heteroatoms. The largest absolute Gasteiger partial charge is 0.497 e. The van der Waals surface area contributed by atoms with Crippen LogP contribution < -0.4 is 14.4 Å². The van der Waals surface area contributed by atoms with Crippen molar-refractivity contribution in [1.29, 1.82) is 0 Å². The Kier molecular flexibility index (Phi) is 10.7. The van der Waals surface area contributed by atoms with Gasteiger partial charge >= 0.3 is 0 Å². The summed E-state index contributed by atoms with van der Waals surface area (Å²) in [7, 11) is -2.52. The maximum absolute atomic E-state index is 14.0. The van der Waals surface area contributed by atoms with Crippen molar-refractivity contribution < 1.29 is 22.7 Å². The quantitative estimate of drug-likeness (QED) is 0.299. The molecule has 3 aromatic rings. The van der Waals surface area contributed by atoms with Gasteiger partial charge in [-0.2, -0.15) is 0 Å². The molecule has 0 radical (unpaired) electrons. The molecule has 0 saturated carbocycles. The predicted octanol–water partition coefficient (Wildman–Crippen LogP) is 4.84. The number of carbonyl (C=O) groups excluding carboxylic acids is 2. The molecule has 1 N–H and O–H groups in total. The molecule has 40 heavy (non-hydrogen) atoms. The molecule has 0 aliphatic rings. The Bertz CT molecular complexity index is 1370. The maximum Gasteiger partial charge on any atom is 0.264 e. The first-order valence-corrected chi connectivity index (χ1v) is 14.9. The summed E-state index contributed by atoms with van der Waals surface area (Å²) >= 11 is 0. The topological polar surface area (TPSA) is 96.0 Å². The number of unbranched alkanes of at least 4 members (excludes halogenated alkanes) is 1. The van der Waals surface area contributed by atoms with Gasteiger partial charge in [-0.1, -0.05) is 49.7 Å². The van der Waals surface area contributed by atoms with Gasteiger partial charge in [-0.15, -0.1) is 0 Å². The van der Waals surface area contributed by atoms with Crippen LogP contribution in [0.2, 0.25) is 0 Å². The van der Waals surface area contributed by atoms with Crippen LogP contribution in [0.1, 0.15) is 43.4 Å². The lowest BCUT2D eigenvalue weighted by molar-refractivity contribution is -0.139. The van der Waals surface area contributed by atoms with Gasteiger partial charge in [-0.3, -0.25) is 13.9 Å². The van der Waals surface area contributed by atoms with Gasteiger partial charge in [-0.25, -0.2) is 8.42 Å². The fourth-order valence-electron chi connectivity index (χ4n) is 4.39. The highest BCUT2D eigenvalue weighted by atomic mass is 32.2. The first kappa shape index (κ1) is 30.7. The average molecular weight is 566 g/mol. The molecular weight excluding hydrogens is 526 g/mol. The van der Waals surface area contributed by atoms with Gasteiger partial charge in [0.1, 0.15) is 18.3 Å². The summed E-state index contributed by atoms with van der Waals surface area (Å²) in [4.78, 5) is 28.6. The molecule has 0 aliphatic heterocycles. The molecule has 0 heterocycles. The Labute approximate surface area is 238 Å². The molecule has 214 valence electrons. The molecule has 8 nitrogen and oxygen atoms in total. The number of nitrogens with one attached hydrogen (secondary N) is 1. The number of ether oxygens (including phenoxy) is 1. The second kappa shape index (κ2) is 14.0. The fourth-order valence-corrected chi connectivity index (χ4v) is 5.81. The molecule has 0 aliphatic carbocycles. The molecular formula is C31H39N3O5S. The smallest absolute Gasteiger partial charge is 0.264 e. The molecule has 3 rings (SSSR count). The molecule has 0 spiro atoms. The Balaban J connectivity index is 2.01. The van der Waals surface area contributed by atoms with Crippen molar-refractivity contribution in [2.75, 3.05) is 24.5 Å². The zero-order chi connectivity index (χ0) is 29.3. The number of rotatable bonds is 13. The van der Waals surface area contributed by atoms with Crippen LogP contribution in [-0.2, 0) is 26.2 Å². The number of hydrogen-bond donors (Lipinski definition) is 1. The van der Waals surface area contributed by atoms with Crippen LogP contribution in [0.5, 0.6) is 5.75 Å². The minimum absolute atomic E-state index is 0.0778. The number of benzene rings is 3. The molecule has 2 amide bonds. The summed E-state index contributed by atoms with van der Waals surface area (Å²) in [5.41, 5.74) is 2.91. The Hall–Kier alpha value is -3.85. The highest BCUT2D eigenvalue weighted by molar-refractivity contribution is 7.92. The summed E-state index contributed by atoms with van der Waals surface area (Å²) < 4.78 is 34.1. The van der Waals surface area contributed by atoms with E-state index in [2.05, 4.69) is 5.32 Å². The standard InChI is InChI=1S/C31H39N3O5S/c1-6-7-17-32-31(36)25(4)33(21-26-13-15-28(39-5)16-14-26)30(35)22-34(27-19-23(2)18-24(3)20-27)40(37,38)29-11-9-8-10-12-29/h8-16,18-20,25H,6-7,17,21-22H2,1-5H3,(H,32,36). The molecule has 0 fully saturated rings. The number of anilines is 1. The zero-order valence-electron chi connectivity index (χ0n) is 23.9. The van der Waals surface area contributed by atoms with Crippen molar-refractivity contribution >= 4 is 27.5 Å². The minimum atomic E-state index is -4.09. The first-order chi connectivity index (χ1) is 19.1. The summed E-state index contributed by atoms with van der Waals surface area (Å²) in [6.07, 6.45) is 1.74.